The molecule has 0 bridgehead atoms. The molecule has 7 nitrogen and oxygen atoms in total. The van der Waals surface area contributed by atoms with Crippen LogP contribution >= 0.6 is 11.8 Å². The van der Waals surface area contributed by atoms with E-state index in [0.717, 1.165) is 16.8 Å². The van der Waals surface area contributed by atoms with Crippen molar-refractivity contribution < 1.29 is 9.32 Å². The molecule has 2 aromatic heterocycles. The third kappa shape index (κ3) is 4.11. The Morgan fingerprint density at radius 1 is 1.10 bits per heavy atom. The van der Waals surface area contributed by atoms with Crippen LogP contribution in [0.4, 0.5) is 5.88 Å². The maximum absolute atomic E-state index is 13.5. The number of hydrogen-bond donors (Lipinski definition) is 1. The molecule has 0 saturated carbocycles. The van der Waals surface area contributed by atoms with Crippen LogP contribution < -0.4 is 10.9 Å². The first kappa shape index (κ1) is 20.9. The van der Waals surface area contributed by atoms with Crippen LogP contribution in [-0.4, -0.2) is 25.9 Å². The third-order valence-corrected chi connectivity index (χ3v) is 5.99. The number of aromatic nitrogens is 3. The van der Waals surface area contributed by atoms with E-state index in [1.165, 1.54) is 11.8 Å². The second-order valence-electron chi connectivity index (χ2n) is 7.37. The van der Waals surface area contributed by atoms with Crippen LogP contribution in [0.25, 0.3) is 16.6 Å². The molecule has 0 aliphatic rings. The van der Waals surface area contributed by atoms with Gasteiger partial charge < -0.3 is 4.52 Å². The number of para-hydroxylation sites is 2. The van der Waals surface area contributed by atoms with Gasteiger partial charge in [-0.1, -0.05) is 47.3 Å². The summed E-state index contributed by atoms with van der Waals surface area (Å²) in [4.78, 5) is 30.9. The van der Waals surface area contributed by atoms with Crippen molar-refractivity contribution >= 4 is 34.5 Å². The van der Waals surface area contributed by atoms with E-state index in [-0.39, 0.29) is 17.4 Å². The number of carbonyl (C=O) groups excluding carboxylic acids is 1. The first-order valence-electron chi connectivity index (χ1n) is 9.84. The number of anilines is 1. The fraction of sp³-hybridized carbons (Fsp3) is 0.217. The lowest BCUT2D eigenvalue weighted by Crippen LogP contribution is -2.27. The van der Waals surface area contributed by atoms with Gasteiger partial charge in [-0.3, -0.25) is 19.5 Å². The quantitative estimate of drug-likeness (QED) is 0.369. The number of nitrogens with one attached hydrogen (secondary N) is 1. The van der Waals surface area contributed by atoms with Gasteiger partial charge in [0, 0.05) is 6.07 Å². The average molecular weight is 435 g/mol. The minimum absolute atomic E-state index is 0.163. The number of nitrogens with zero attached hydrogens (tertiary/aromatic N) is 3. The standard InChI is InChI=1S/C23H22N4O3S/c1-13-8-7-9-14(2)20(13)27-22(29)17-10-5-6-11-18(17)24-23(27)31-16(4)21(28)25-19-12-15(3)26-30-19/h5-12,16H,1-4H3,(H,25,28). The molecule has 0 fully saturated rings. The SMILES string of the molecule is Cc1cc(NC(=O)C(C)Sc2nc3ccccc3c(=O)n2-c2c(C)cccc2C)on1. The van der Waals surface area contributed by atoms with Gasteiger partial charge in [0.15, 0.2) is 5.16 Å². The van der Waals surface area contributed by atoms with Gasteiger partial charge in [0.25, 0.3) is 5.56 Å². The van der Waals surface area contributed by atoms with E-state index in [9.17, 15) is 9.59 Å². The Morgan fingerprint density at radius 2 is 1.81 bits per heavy atom. The largest absolute Gasteiger partial charge is 0.338 e. The number of amides is 1. The fourth-order valence-corrected chi connectivity index (χ4v) is 4.32. The lowest BCUT2D eigenvalue weighted by atomic mass is 10.1. The Bertz CT molecular complexity index is 1320. The van der Waals surface area contributed by atoms with E-state index in [0.29, 0.717) is 21.8 Å². The zero-order valence-electron chi connectivity index (χ0n) is 17.7. The van der Waals surface area contributed by atoms with Crippen LogP contribution in [0, 0.1) is 20.8 Å². The summed E-state index contributed by atoms with van der Waals surface area (Å²) in [6.07, 6.45) is 0. The Hall–Kier alpha value is -3.39. The van der Waals surface area contributed by atoms with Gasteiger partial charge in [-0.05, 0) is 51.0 Å². The average Bonchev–Trinajstić information content (AvgIpc) is 3.14. The van der Waals surface area contributed by atoms with E-state index in [2.05, 4.69) is 10.5 Å². The van der Waals surface area contributed by atoms with Gasteiger partial charge in [0.2, 0.25) is 11.8 Å². The molecule has 31 heavy (non-hydrogen) atoms. The van der Waals surface area contributed by atoms with Crippen molar-refractivity contribution in [2.75, 3.05) is 5.32 Å². The summed E-state index contributed by atoms with van der Waals surface area (Å²) in [7, 11) is 0. The zero-order valence-corrected chi connectivity index (χ0v) is 18.5. The molecule has 1 unspecified atom stereocenters. The fourth-order valence-electron chi connectivity index (χ4n) is 3.40. The maximum Gasteiger partial charge on any atom is 0.266 e. The first-order chi connectivity index (χ1) is 14.8. The summed E-state index contributed by atoms with van der Waals surface area (Å²) in [6.45, 7) is 7.46. The Balaban J connectivity index is 1.79. The minimum atomic E-state index is -0.533. The lowest BCUT2D eigenvalue weighted by molar-refractivity contribution is -0.115. The normalized spacial score (nSPS) is 12.1. The predicted molar refractivity (Wildman–Crippen MR) is 122 cm³/mol. The minimum Gasteiger partial charge on any atom is -0.338 e. The first-order valence-corrected chi connectivity index (χ1v) is 10.7. The summed E-state index contributed by atoms with van der Waals surface area (Å²) in [5, 5.41) is 6.94. The second kappa shape index (κ2) is 8.39. The van der Waals surface area contributed by atoms with Gasteiger partial charge in [-0.25, -0.2) is 4.98 Å². The molecule has 1 amide bonds. The van der Waals surface area contributed by atoms with Crippen molar-refractivity contribution in [2.24, 2.45) is 0 Å². The summed E-state index contributed by atoms with van der Waals surface area (Å²) < 4.78 is 6.69. The molecule has 8 heteroatoms. The Morgan fingerprint density at radius 3 is 2.48 bits per heavy atom. The van der Waals surface area contributed by atoms with E-state index < -0.39 is 5.25 Å². The van der Waals surface area contributed by atoms with Gasteiger partial charge in [-0.15, -0.1) is 0 Å². The number of rotatable bonds is 5. The third-order valence-electron chi connectivity index (χ3n) is 4.93. The van der Waals surface area contributed by atoms with Crippen LogP contribution in [0.2, 0.25) is 0 Å². The van der Waals surface area contributed by atoms with E-state index in [1.54, 1.807) is 36.6 Å². The second-order valence-corrected chi connectivity index (χ2v) is 8.68. The molecule has 0 radical (unpaired) electrons. The maximum atomic E-state index is 13.5. The van der Waals surface area contributed by atoms with Crippen molar-refractivity contribution in [1.29, 1.82) is 0 Å². The van der Waals surface area contributed by atoms with Crippen LogP contribution in [0.15, 0.2) is 63.0 Å². The smallest absolute Gasteiger partial charge is 0.266 e. The molecular weight excluding hydrogens is 412 g/mol. The topological polar surface area (TPSA) is 90.0 Å². The van der Waals surface area contributed by atoms with Gasteiger partial charge in [0.1, 0.15) is 0 Å². The van der Waals surface area contributed by atoms with Crippen molar-refractivity contribution in [3.05, 3.63) is 75.7 Å². The highest BCUT2D eigenvalue weighted by atomic mass is 32.2. The summed E-state index contributed by atoms with van der Waals surface area (Å²) in [6, 6.07) is 14.8. The molecule has 4 rings (SSSR count). The lowest BCUT2D eigenvalue weighted by Gasteiger charge is -2.19. The number of aryl methyl sites for hydroxylation is 3. The molecule has 158 valence electrons. The summed E-state index contributed by atoms with van der Waals surface area (Å²) in [5.74, 6) is 0.0187. The van der Waals surface area contributed by atoms with Gasteiger partial charge in [0.05, 0.1) is 27.5 Å². The van der Waals surface area contributed by atoms with Gasteiger partial charge in [-0.2, -0.15) is 0 Å². The molecule has 2 aromatic carbocycles. The summed E-state index contributed by atoms with van der Waals surface area (Å²) >= 11 is 1.22. The van der Waals surface area contributed by atoms with Crippen molar-refractivity contribution in [1.82, 2.24) is 14.7 Å². The molecule has 0 saturated heterocycles. The number of benzene rings is 2. The molecule has 0 aliphatic carbocycles. The van der Waals surface area contributed by atoms with E-state index in [1.807, 2.05) is 44.2 Å². The molecule has 0 aliphatic heterocycles. The highest BCUT2D eigenvalue weighted by Crippen LogP contribution is 2.28. The van der Waals surface area contributed by atoms with E-state index in [4.69, 9.17) is 9.51 Å². The molecule has 4 aromatic rings. The highest BCUT2D eigenvalue weighted by Gasteiger charge is 2.22. The monoisotopic (exact) mass is 434 g/mol. The van der Waals surface area contributed by atoms with Gasteiger partial charge >= 0.3 is 0 Å². The number of hydrogen-bond acceptors (Lipinski definition) is 6. The Kier molecular flexibility index (Phi) is 5.65. The number of carbonyl (C=O) groups is 1. The van der Waals surface area contributed by atoms with Crippen molar-refractivity contribution in [3.8, 4) is 5.69 Å². The molecule has 0 spiro atoms. The van der Waals surface area contributed by atoms with E-state index >= 15 is 0 Å². The van der Waals surface area contributed by atoms with Crippen molar-refractivity contribution in [2.45, 2.75) is 38.1 Å². The van der Waals surface area contributed by atoms with Crippen LogP contribution in [0.5, 0.6) is 0 Å². The Labute approximate surface area is 183 Å². The van der Waals surface area contributed by atoms with Crippen molar-refractivity contribution in [3.63, 3.8) is 0 Å². The summed E-state index contributed by atoms with van der Waals surface area (Å²) in [5.41, 5.74) is 3.80. The molecule has 2 heterocycles. The predicted octanol–water partition coefficient (Wildman–Crippen LogP) is 4.42. The molecule has 1 atom stereocenters. The van der Waals surface area contributed by atoms with Crippen LogP contribution in [-0.2, 0) is 4.79 Å². The van der Waals surface area contributed by atoms with Crippen LogP contribution in [0.3, 0.4) is 0 Å². The molecule has 1 N–H and O–H groups in total. The molecular formula is C23H22N4O3S. The highest BCUT2D eigenvalue weighted by molar-refractivity contribution is 8.00. The zero-order chi connectivity index (χ0) is 22.1. The van der Waals surface area contributed by atoms with Crippen LogP contribution in [0.1, 0.15) is 23.7 Å². The number of fused-ring (bicyclic) bond motifs is 1. The number of thioether (sulfide) groups is 1.